The van der Waals surface area contributed by atoms with Crippen LogP contribution in [0.1, 0.15) is 24.3 Å². The van der Waals surface area contributed by atoms with Crippen molar-refractivity contribution in [2.75, 3.05) is 27.3 Å². The highest BCUT2D eigenvalue weighted by Crippen LogP contribution is 2.28. The summed E-state index contributed by atoms with van der Waals surface area (Å²) in [6.07, 6.45) is 1.32. The van der Waals surface area contributed by atoms with Gasteiger partial charge in [-0.05, 0) is 24.2 Å². The Balaban J connectivity index is 2.01. The topological polar surface area (TPSA) is 69.4 Å². The molecule has 6 nitrogen and oxygen atoms in total. The molecule has 0 radical (unpaired) electrons. The Kier molecular flexibility index (Phi) is 5.57. The number of nitrogens with zero attached hydrogens (tertiary/aromatic N) is 2. The molecule has 0 atom stereocenters. The third kappa shape index (κ3) is 4.19. The molecule has 0 aliphatic heterocycles. The van der Waals surface area contributed by atoms with E-state index in [1.165, 1.54) is 0 Å². The molecular weight excluding hydrogens is 270 g/mol. The first-order valence-electron chi connectivity index (χ1n) is 6.99. The van der Waals surface area contributed by atoms with Crippen LogP contribution in [0.4, 0.5) is 0 Å². The van der Waals surface area contributed by atoms with E-state index in [0.717, 1.165) is 25.1 Å². The summed E-state index contributed by atoms with van der Waals surface area (Å²) >= 11 is 0. The van der Waals surface area contributed by atoms with Crippen molar-refractivity contribution in [2.45, 2.75) is 19.8 Å². The number of ether oxygens (including phenoxy) is 2. The first-order chi connectivity index (χ1) is 10.3. The van der Waals surface area contributed by atoms with E-state index in [4.69, 9.17) is 13.9 Å². The average molecular weight is 291 g/mol. The van der Waals surface area contributed by atoms with E-state index in [9.17, 15) is 0 Å². The monoisotopic (exact) mass is 291 g/mol. The van der Waals surface area contributed by atoms with Crippen LogP contribution in [0.15, 0.2) is 22.6 Å². The van der Waals surface area contributed by atoms with Crippen LogP contribution >= 0.6 is 0 Å². The molecule has 2 aromatic rings. The fraction of sp³-hybridized carbons (Fsp3) is 0.467. The number of hydrogen-bond acceptors (Lipinski definition) is 6. The lowest BCUT2D eigenvalue weighted by atomic mass is 10.1. The summed E-state index contributed by atoms with van der Waals surface area (Å²) in [6.45, 7) is 3.84. The Hall–Kier alpha value is -2.08. The van der Waals surface area contributed by atoms with Gasteiger partial charge in [0.2, 0.25) is 11.8 Å². The smallest absolute Gasteiger partial charge is 0.220 e. The lowest BCUT2D eigenvalue weighted by Crippen LogP contribution is -2.16. The van der Waals surface area contributed by atoms with E-state index in [-0.39, 0.29) is 0 Å². The molecule has 0 aliphatic carbocycles. The van der Waals surface area contributed by atoms with Gasteiger partial charge < -0.3 is 19.2 Å². The van der Waals surface area contributed by atoms with Gasteiger partial charge in [0.1, 0.15) is 0 Å². The van der Waals surface area contributed by atoms with Gasteiger partial charge >= 0.3 is 0 Å². The van der Waals surface area contributed by atoms with Gasteiger partial charge in [-0.15, -0.1) is 10.2 Å². The Bertz CT molecular complexity index is 569. The summed E-state index contributed by atoms with van der Waals surface area (Å²) < 4.78 is 16.1. The molecule has 1 heterocycles. The normalized spacial score (nSPS) is 10.6. The molecule has 6 heteroatoms. The third-order valence-electron chi connectivity index (χ3n) is 3.08. The van der Waals surface area contributed by atoms with Gasteiger partial charge in [-0.1, -0.05) is 13.0 Å². The number of rotatable bonds is 8. The Morgan fingerprint density at radius 2 is 1.86 bits per heavy atom. The predicted molar refractivity (Wildman–Crippen MR) is 78.9 cm³/mol. The van der Waals surface area contributed by atoms with Crippen LogP contribution < -0.4 is 14.8 Å². The third-order valence-corrected chi connectivity index (χ3v) is 3.08. The highest BCUT2D eigenvalue weighted by molar-refractivity contribution is 5.43. The highest BCUT2D eigenvalue weighted by atomic mass is 16.5. The molecule has 0 saturated carbocycles. The summed E-state index contributed by atoms with van der Waals surface area (Å²) in [5, 5.41) is 11.3. The molecule has 0 amide bonds. The van der Waals surface area contributed by atoms with E-state index in [0.29, 0.717) is 29.7 Å². The summed E-state index contributed by atoms with van der Waals surface area (Å²) in [5.41, 5.74) is 1.04. The maximum absolute atomic E-state index is 5.63. The molecule has 0 saturated heterocycles. The van der Waals surface area contributed by atoms with Gasteiger partial charge in [-0.3, -0.25) is 0 Å². The number of aromatic nitrogens is 2. The molecule has 0 fully saturated rings. The predicted octanol–water partition coefficient (Wildman–Crippen LogP) is 1.83. The average Bonchev–Trinajstić information content (AvgIpc) is 2.95. The zero-order valence-electron chi connectivity index (χ0n) is 12.7. The molecular formula is C15H21N3O3. The number of methoxy groups -OCH3 is 2. The van der Waals surface area contributed by atoms with Gasteiger partial charge in [-0.2, -0.15) is 0 Å². The zero-order valence-corrected chi connectivity index (χ0v) is 12.7. The molecule has 0 spiro atoms. The molecule has 0 aliphatic rings. The van der Waals surface area contributed by atoms with Gasteiger partial charge in [-0.25, -0.2) is 0 Å². The van der Waals surface area contributed by atoms with E-state index in [1.807, 2.05) is 18.2 Å². The molecule has 1 N–H and O–H groups in total. The SMILES string of the molecule is CCNCCc1nnc(Cc2ccc(OC)c(OC)c2)o1. The highest BCUT2D eigenvalue weighted by Gasteiger charge is 2.09. The Labute approximate surface area is 124 Å². The quantitative estimate of drug-likeness (QED) is 0.748. The first kappa shape index (κ1) is 15.3. The van der Waals surface area contributed by atoms with Gasteiger partial charge in [0.05, 0.1) is 20.6 Å². The zero-order chi connectivity index (χ0) is 15.1. The fourth-order valence-electron chi connectivity index (χ4n) is 2.00. The summed E-state index contributed by atoms with van der Waals surface area (Å²) in [7, 11) is 3.24. The van der Waals surface area contributed by atoms with E-state index in [1.54, 1.807) is 14.2 Å². The van der Waals surface area contributed by atoms with Crippen LogP contribution in [-0.4, -0.2) is 37.5 Å². The van der Waals surface area contributed by atoms with Crippen LogP contribution in [0.2, 0.25) is 0 Å². The second-order valence-electron chi connectivity index (χ2n) is 4.56. The lowest BCUT2D eigenvalue weighted by Gasteiger charge is -2.08. The van der Waals surface area contributed by atoms with Gasteiger partial charge in [0, 0.05) is 13.0 Å². The molecule has 1 aromatic carbocycles. The number of nitrogens with one attached hydrogen (secondary N) is 1. The maximum Gasteiger partial charge on any atom is 0.220 e. The standard InChI is InChI=1S/C15H21N3O3/c1-4-16-8-7-14-17-18-15(21-14)10-11-5-6-12(19-2)13(9-11)20-3/h5-6,9,16H,4,7-8,10H2,1-3H3. The van der Waals surface area contributed by atoms with Crippen molar-refractivity contribution in [3.05, 3.63) is 35.5 Å². The van der Waals surface area contributed by atoms with Gasteiger partial charge in [0.15, 0.2) is 11.5 Å². The van der Waals surface area contributed by atoms with Crippen molar-refractivity contribution in [1.82, 2.24) is 15.5 Å². The van der Waals surface area contributed by atoms with Crippen molar-refractivity contribution in [3.8, 4) is 11.5 Å². The molecule has 1 aromatic heterocycles. The van der Waals surface area contributed by atoms with E-state index < -0.39 is 0 Å². The van der Waals surface area contributed by atoms with Crippen molar-refractivity contribution < 1.29 is 13.9 Å². The maximum atomic E-state index is 5.63. The molecule has 2 rings (SSSR count). The lowest BCUT2D eigenvalue weighted by molar-refractivity contribution is 0.354. The molecule has 114 valence electrons. The van der Waals surface area contributed by atoms with Crippen molar-refractivity contribution in [1.29, 1.82) is 0 Å². The van der Waals surface area contributed by atoms with Crippen molar-refractivity contribution in [2.24, 2.45) is 0 Å². The largest absolute Gasteiger partial charge is 0.493 e. The Morgan fingerprint density at radius 1 is 1.10 bits per heavy atom. The molecule has 0 bridgehead atoms. The first-order valence-corrected chi connectivity index (χ1v) is 6.99. The number of likely N-dealkylation sites (N-methyl/N-ethyl adjacent to an activating group) is 1. The van der Waals surface area contributed by atoms with Crippen molar-refractivity contribution in [3.63, 3.8) is 0 Å². The van der Waals surface area contributed by atoms with E-state index >= 15 is 0 Å². The second-order valence-corrected chi connectivity index (χ2v) is 4.56. The fourth-order valence-corrected chi connectivity index (χ4v) is 2.00. The van der Waals surface area contributed by atoms with Gasteiger partial charge in [0.25, 0.3) is 0 Å². The molecule has 21 heavy (non-hydrogen) atoms. The minimum absolute atomic E-state index is 0.578. The van der Waals surface area contributed by atoms with Crippen LogP contribution in [0.25, 0.3) is 0 Å². The minimum Gasteiger partial charge on any atom is -0.493 e. The van der Waals surface area contributed by atoms with Crippen molar-refractivity contribution >= 4 is 0 Å². The number of benzene rings is 1. The summed E-state index contributed by atoms with van der Waals surface area (Å²) in [4.78, 5) is 0. The van der Waals surface area contributed by atoms with Crippen LogP contribution in [0.5, 0.6) is 11.5 Å². The van der Waals surface area contributed by atoms with Crippen LogP contribution in [0.3, 0.4) is 0 Å². The summed E-state index contributed by atoms with van der Waals surface area (Å²) in [5.74, 6) is 2.67. The van der Waals surface area contributed by atoms with Crippen LogP contribution in [-0.2, 0) is 12.8 Å². The van der Waals surface area contributed by atoms with E-state index in [2.05, 4.69) is 22.4 Å². The Morgan fingerprint density at radius 3 is 2.57 bits per heavy atom. The minimum atomic E-state index is 0.578. The summed E-state index contributed by atoms with van der Waals surface area (Å²) in [6, 6.07) is 5.75. The second kappa shape index (κ2) is 7.64. The molecule has 0 unspecified atom stereocenters. The van der Waals surface area contributed by atoms with Crippen LogP contribution in [0, 0.1) is 0 Å². The number of hydrogen-bond donors (Lipinski definition) is 1.